The molecule has 0 spiro atoms. The van der Waals surface area contributed by atoms with Crippen molar-refractivity contribution in [3.8, 4) is 0 Å². The maximum Gasteiger partial charge on any atom is 0.514 e. The summed E-state index contributed by atoms with van der Waals surface area (Å²) in [5.41, 5.74) is 0. The zero-order chi connectivity index (χ0) is 8.74. The fraction of sp³-hybridized carbons (Fsp3) is 1.00. The summed E-state index contributed by atoms with van der Waals surface area (Å²) in [7, 11) is 2.47. The van der Waals surface area contributed by atoms with Crippen LogP contribution in [0.15, 0.2) is 0 Å². The monoisotopic (exact) mass is 179 g/mol. The van der Waals surface area contributed by atoms with Crippen LogP contribution in [0.4, 0.5) is 0 Å². The minimum atomic E-state index is -2.35. The van der Waals surface area contributed by atoms with Gasteiger partial charge in [-0.3, -0.25) is 0 Å². The summed E-state index contributed by atoms with van der Waals surface area (Å²) in [6, 6.07) is 0. The van der Waals surface area contributed by atoms with Crippen LogP contribution < -0.4 is 5.32 Å². The average molecular weight is 179 g/mol. The third-order valence-electron chi connectivity index (χ3n) is 1.52. The van der Waals surface area contributed by atoms with Crippen LogP contribution in [-0.2, 0) is 13.3 Å². The minimum absolute atomic E-state index is 0.660. The molecule has 0 heterocycles. The summed E-state index contributed by atoms with van der Waals surface area (Å²) in [5.74, 6) is 0. The highest BCUT2D eigenvalue weighted by molar-refractivity contribution is 6.60. The lowest BCUT2D eigenvalue weighted by atomic mass is 10.8. The summed E-state index contributed by atoms with van der Waals surface area (Å²) in [6.45, 7) is 2.92. The van der Waals surface area contributed by atoms with Crippen molar-refractivity contribution in [1.29, 1.82) is 0 Å². The van der Waals surface area contributed by atoms with Gasteiger partial charge in [0.15, 0.2) is 0 Å². The molecule has 0 unspecified atom stereocenters. The lowest BCUT2D eigenvalue weighted by Crippen LogP contribution is -2.52. The SMILES string of the molecule is CCNC[Si](OC)(OC)OC. The third kappa shape index (κ3) is 3.30. The highest BCUT2D eigenvalue weighted by Gasteiger charge is 2.36. The van der Waals surface area contributed by atoms with Crippen LogP contribution in [0.5, 0.6) is 0 Å². The van der Waals surface area contributed by atoms with Gasteiger partial charge in [0.05, 0.1) is 6.17 Å². The van der Waals surface area contributed by atoms with E-state index in [-0.39, 0.29) is 0 Å². The van der Waals surface area contributed by atoms with Gasteiger partial charge in [-0.1, -0.05) is 6.92 Å². The van der Waals surface area contributed by atoms with Crippen molar-refractivity contribution in [2.75, 3.05) is 34.0 Å². The van der Waals surface area contributed by atoms with Gasteiger partial charge in [0.2, 0.25) is 0 Å². The average Bonchev–Trinajstić information content (AvgIpc) is 2.08. The van der Waals surface area contributed by atoms with Gasteiger partial charge in [0.25, 0.3) is 0 Å². The molecular weight excluding hydrogens is 162 g/mol. The van der Waals surface area contributed by atoms with E-state index in [9.17, 15) is 0 Å². The van der Waals surface area contributed by atoms with Gasteiger partial charge in [0.1, 0.15) is 0 Å². The predicted octanol–water partition coefficient (Wildman–Crippen LogP) is 0.0132. The van der Waals surface area contributed by atoms with Crippen LogP contribution in [-0.4, -0.2) is 42.8 Å². The molecule has 0 saturated carbocycles. The van der Waals surface area contributed by atoms with E-state index >= 15 is 0 Å². The standard InChI is InChI=1S/C6H17NO3Si/c1-5-7-6-11(8-2,9-3)10-4/h7H,5-6H2,1-4H3. The van der Waals surface area contributed by atoms with E-state index in [1.807, 2.05) is 6.92 Å². The normalized spacial score (nSPS) is 12.0. The van der Waals surface area contributed by atoms with Crippen molar-refractivity contribution in [2.24, 2.45) is 0 Å². The van der Waals surface area contributed by atoms with E-state index < -0.39 is 8.80 Å². The van der Waals surface area contributed by atoms with Crippen LogP contribution >= 0.6 is 0 Å². The molecule has 11 heavy (non-hydrogen) atoms. The molecule has 0 aromatic heterocycles. The second-order valence-electron chi connectivity index (χ2n) is 2.08. The summed E-state index contributed by atoms with van der Waals surface area (Å²) in [6.07, 6.45) is 0.660. The molecule has 0 aromatic carbocycles. The van der Waals surface area contributed by atoms with Gasteiger partial charge in [0, 0.05) is 21.3 Å². The molecule has 1 N–H and O–H groups in total. The van der Waals surface area contributed by atoms with Crippen LogP contribution in [0.25, 0.3) is 0 Å². The zero-order valence-electron chi connectivity index (χ0n) is 7.64. The topological polar surface area (TPSA) is 39.7 Å². The summed E-state index contributed by atoms with van der Waals surface area (Å²) < 4.78 is 15.5. The summed E-state index contributed by atoms with van der Waals surface area (Å²) in [4.78, 5) is 0. The quantitative estimate of drug-likeness (QED) is 0.583. The van der Waals surface area contributed by atoms with Crippen LogP contribution in [0.3, 0.4) is 0 Å². The van der Waals surface area contributed by atoms with Gasteiger partial charge in [-0.15, -0.1) is 0 Å². The fourth-order valence-electron chi connectivity index (χ4n) is 0.745. The molecule has 68 valence electrons. The zero-order valence-corrected chi connectivity index (χ0v) is 8.64. The molecule has 0 fully saturated rings. The fourth-order valence-corrected chi connectivity index (χ4v) is 2.23. The lowest BCUT2D eigenvalue weighted by Gasteiger charge is -2.24. The molecule has 0 atom stereocenters. The van der Waals surface area contributed by atoms with Gasteiger partial charge < -0.3 is 18.6 Å². The van der Waals surface area contributed by atoms with E-state index in [0.717, 1.165) is 6.54 Å². The lowest BCUT2D eigenvalue weighted by molar-refractivity contribution is 0.122. The van der Waals surface area contributed by atoms with Gasteiger partial charge in [-0.2, -0.15) is 0 Å². The maximum absolute atomic E-state index is 5.17. The molecule has 0 saturated heterocycles. The largest absolute Gasteiger partial charge is 0.514 e. The van der Waals surface area contributed by atoms with Crippen LogP contribution in [0.1, 0.15) is 6.92 Å². The number of hydrogen-bond acceptors (Lipinski definition) is 4. The Balaban J connectivity index is 3.84. The Morgan fingerprint density at radius 2 is 1.55 bits per heavy atom. The molecule has 0 aliphatic rings. The second-order valence-corrected chi connectivity index (χ2v) is 5.02. The molecule has 0 amide bonds. The van der Waals surface area contributed by atoms with Crippen LogP contribution in [0.2, 0.25) is 0 Å². The first-order valence-electron chi connectivity index (χ1n) is 3.60. The molecular formula is C6H17NO3Si. The van der Waals surface area contributed by atoms with Crippen molar-refractivity contribution < 1.29 is 13.3 Å². The highest BCUT2D eigenvalue weighted by atomic mass is 28.4. The molecule has 0 aromatic rings. The predicted molar refractivity (Wildman–Crippen MR) is 45.3 cm³/mol. The molecule has 0 radical (unpaired) electrons. The van der Waals surface area contributed by atoms with E-state index in [2.05, 4.69) is 5.32 Å². The Bertz CT molecular complexity index is 89.6. The third-order valence-corrected chi connectivity index (χ3v) is 4.07. The van der Waals surface area contributed by atoms with Crippen molar-refractivity contribution in [3.05, 3.63) is 0 Å². The maximum atomic E-state index is 5.17. The van der Waals surface area contributed by atoms with Gasteiger partial charge in [-0.25, -0.2) is 0 Å². The van der Waals surface area contributed by atoms with Crippen molar-refractivity contribution >= 4 is 8.80 Å². The molecule has 0 rings (SSSR count). The van der Waals surface area contributed by atoms with Crippen LogP contribution in [0, 0.1) is 0 Å². The summed E-state index contributed by atoms with van der Waals surface area (Å²) in [5, 5.41) is 3.13. The second kappa shape index (κ2) is 5.67. The van der Waals surface area contributed by atoms with Crippen molar-refractivity contribution in [3.63, 3.8) is 0 Å². The van der Waals surface area contributed by atoms with E-state index in [0.29, 0.717) is 6.17 Å². The van der Waals surface area contributed by atoms with E-state index in [1.165, 1.54) is 0 Å². The Morgan fingerprint density at radius 1 is 1.09 bits per heavy atom. The van der Waals surface area contributed by atoms with Crippen molar-refractivity contribution in [1.82, 2.24) is 5.32 Å². The molecule has 0 aliphatic carbocycles. The first kappa shape index (κ1) is 11.1. The Morgan fingerprint density at radius 3 is 1.82 bits per heavy atom. The van der Waals surface area contributed by atoms with E-state index in [4.69, 9.17) is 13.3 Å². The molecule has 4 nitrogen and oxygen atoms in total. The molecule has 0 bridgehead atoms. The first-order valence-corrected chi connectivity index (χ1v) is 5.54. The summed E-state index contributed by atoms with van der Waals surface area (Å²) >= 11 is 0. The highest BCUT2D eigenvalue weighted by Crippen LogP contribution is 2.02. The Labute approximate surface area is 69.2 Å². The van der Waals surface area contributed by atoms with Gasteiger partial charge >= 0.3 is 8.80 Å². The Hall–Kier alpha value is 0.0569. The molecule has 5 heteroatoms. The van der Waals surface area contributed by atoms with Gasteiger partial charge in [-0.05, 0) is 6.54 Å². The van der Waals surface area contributed by atoms with E-state index in [1.54, 1.807) is 21.3 Å². The number of hydrogen-bond donors (Lipinski definition) is 1. The number of rotatable bonds is 6. The smallest absolute Gasteiger partial charge is 0.376 e. The number of nitrogens with one attached hydrogen (secondary N) is 1. The first-order chi connectivity index (χ1) is 5.24. The Kier molecular flexibility index (Phi) is 5.70. The van der Waals surface area contributed by atoms with Crippen molar-refractivity contribution in [2.45, 2.75) is 6.92 Å². The minimum Gasteiger partial charge on any atom is -0.376 e. The molecule has 0 aliphatic heterocycles.